The minimum Gasteiger partial charge on any atom is -0.508 e. The fourth-order valence-corrected chi connectivity index (χ4v) is 1.80. The first-order valence-electron chi connectivity index (χ1n) is 5.67. The van der Waals surface area contributed by atoms with Gasteiger partial charge in [-0.2, -0.15) is 0 Å². The van der Waals surface area contributed by atoms with Gasteiger partial charge in [-0.3, -0.25) is 0 Å². The number of rotatable bonds is 5. The zero-order valence-corrected chi connectivity index (χ0v) is 10.3. The summed E-state index contributed by atoms with van der Waals surface area (Å²) in [6, 6.07) is 3.68. The van der Waals surface area contributed by atoms with E-state index in [4.69, 9.17) is 10.5 Å². The molecule has 1 aromatic rings. The maximum Gasteiger partial charge on any atom is 0.122 e. The van der Waals surface area contributed by atoms with Crippen molar-refractivity contribution < 1.29 is 9.84 Å². The Morgan fingerprint density at radius 2 is 2.00 bits per heavy atom. The van der Waals surface area contributed by atoms with Crippen LogP contribution in [0.2, 0.25) is 0 Å². The molecule has 0 radical (unpaired) electrons. The molecule has 1 rings (SSSR count). The second-order valence-electron chi connectivity index (χ2n) is 4.43. The molecule has 0 fully saturated rings. The van der Waals surface area contributed by atoms with Crippen LogP contribution in [-0.4, -0.2) is 18.8 Å². The van der Waals surface area contributed by atoms with E-state index in [-0.39, 0.29) is 0 Å². The lowest BCUT2D eigenvalue weighted by molar-refractivity contribution is 0.402. The highest BCUT2D eigenvalue weighted by atomic mass is 16.5. The summed E-state index contributed by atoms with van der Waals surface area (Å²) in [5, 5.41) is 9.84. The van der Waals surface area contributed by atoms with Crippen molar-refractivity contribution in [1.82, 2.24) is 0 Å². The summed E-state index contributed by atoms with van der Waals surface area (Å²) in [6.45, 7) is 4.81. The van der Waals surface area contributed by atoms with Gasteiger partial charge in [0.1, 0.15) is 11.5 Å². The summed E-state index contributed by atoms with van der Waals surface area (Å²) < 4.78 is 5.34. The van der Waals surface area contributed by atoms with E-state index in [9.17, 15) is 5.11 Å². The lowest BCUT2D eigenvalue weighted by Gasteiger charge is -2.13. The molecule has 3 nitrogen and oxygen atoms in total. The predicted octanol–water partition coefficient (Wildman–Crippen LogP) is 2.10. The van der Waals surface area contributed by atoms with Crippen molar-refractivity contribution in [2.45, 2.75) is 26.7 Å². The van der Waals surface area contributed by atoms with Gasteiger partial charge in [0, 0.05) is 0 Å². The third-order valence-corrected chi connectivity index (χ3v) is 2.52. The number of phenolic OH excluding ortho intramolecular Hbond substituents is 1. The second-order valence-corrected chi connectivity index (χ2v) is 4.43. The molecule has 0 saturated carbocycles. The minimum atomic E-state index is 0.321. The average Bonchev–Trinajstić information content (AvgIpc) is 2.21. The molecule has 1 aromatic carbocycles. The van der Waals surface area contributed by atoms with Gasteiger partial charge in [0.05, 0.1) is 7.11 Å². The zero-order valence-electron chi connectivity index (χ0n) is 10.3. The van der Waals surface area contributed by atoms with E-state index < -0.39 is 0 Å². The molecule has 0 unspecified atom stereocenters. The predicted molar refractivity (Wildman–Crippen MR) is 66.0 cm³/mol. The summed E-state index contributed by atoms with van der Waals surface area (Å²) in [6.07, 6.45) is 1.57. The van der Waals surface area contributed by atoms with E-state index in [0.29, 0.717) is 24.6 Å². The molecular weight excluding hydrogens is 202 g/mol. The Labute approximate surface area is 97.2 Å². The van der Waals surface area contributed by atoms with E-state index >= 15 is 0 Å². The minimum absolute atomic E-state index is 0.321. The van der Waals surface area contributed by atoms with Crippen LogP contribution < -0.4 is 10.5 Å². The Kier molecular flexibility index (Phi) is 4.62. The topological polar surface area (TPSA) is 55.5 Å². The van der Waals surface area contributed by atoms with Crippen molar-refractivity contribution in [3.05, 3.63) is 23.3 Å². The van der Waals surface area contributed by atoms with Crippen molar-refractivity contribution in [3.63, 3.8) is 0 Å². The monoisotopic (exact) mass is 223 g/mol. The quantitative estimate of drug-likeness (QED) is 0.803. The number of benzene rings is 1. The molecule has 0 aromatic heterocycles. The number of phenols is 1. The van der Waals surface area contributed by atoms with Crippen molar-refractivity contribution in [2.24, 2.45) is 11.7 Å². The Balaban J connectivity index is 3.05. The van der Waals surface area contributed by atoms with Gasteiger partial charge in [-0.25, -0.2) is 0 Å². The van der Waals surface area contributed by atoms with Crippen LogP contribution in [0.1, 0.15) is 25.0 Å². The van der Waals surface area contributed by atoms with Crippen LogP contribution in [0, 0.1) is 5.92 Å². The lowest BCUT2D eigenvalue weighted by atomic mass is 9.99. The number of ether oxygens (including phenoxy) is 1. The summed E-state index contributed by atoms with van der Waals surface area (Å²) in [5.74, 6) is 1.70. The maximum atomic E-state index is 9.84. The molecule has 16 heavy (non-hydrogen) atoms. The maximum absolute atomic E-state index is 9.84. The molecule has 0 aliphatic carbocycles. The number of hydrogen-bond donors (Lipinski definition) is 2. The Morgan fingerprint density at radius 1 is 1.31 bits per heavy atom. The molecule has 0 heterocycles. The molecule has 0 saturated heterocycles. The fraction of sp³-hybridized carbons (Fsp3) is 0.538. The van der Waals surface area contributed by atoms with Crippen LogP contribution >= 0.6 is 0 Å². The van der Waals surface area contributed by atoms with Crippen molar-refractivity contribution in [2.75, 3.05) is 13.7 Å². The van der Waals surface area contributed by atoms with Gasteiger partial charge in [0.2, 0.25) is 0 Å². The van der Waals surface area contributed by atoms with E-state index in [1.165, 1.54) is 0 Å². The van der Waals surface area contributed by atoms with Gasteiger partial charge < -0.3 is 15.6 Å². The van der Waals surface area contributed by atoms with E-state index in [2.05, 4.69) is 13.8 Å². The molecule has 0 aliphatic heterocycles. The van der Waals surface area contributed by atoms with Gasteiger partial charge in [-0.1, -0.05) is 13.8 Å². The second kappa shape index (κ2) is 5.75. The van der Waals surface area contributed by atoms with E-state index in [0.717, 1.165) is 23.3 Å². The molecule has 90 valence electrons. The molecule has 0 spiro atoms. The Bertz CT molecular complexity index is 348. The number of hydrogen-bond acceptors (Lipinski definition) is 3. The summed E-state index contributed by atoms with van der Waals surface area (Å²) in [7, 11) is 1.66. The van der Waals surface area contributed by atoms with Crippen LogP contribution in [-0.2, 0) is 12.8 Å². The average molecular weight is 223 g/mol. The molecule has 0 aliphatic rings. The van der Waals surface area contributed by atoms with E-state index in [1.807, 2.05) is 6.07 Å². The Morgan fingerprint density at radius 3 is 2.50 bits per heavy atom. The third kappa shape index (κ3) is 3.14. The number of methoxy groups -OCH3 is 1. The van der Waals surface area contributed by atoms with Crippen LogP contribution in [0.3, 0.4) is 0 Å². The first-order chi connectivity index (χ1) is 7.58. The van der Waals surface area contributed by atoms with Gasteiger partial charge in [0.15, 0.2) is 0 Å². The van der Waals surface area contributed by atoms with Crippen LogP contribution in [0.15, 0.2) is 12.1 Å². The van der Waals surface area contributed by atoms with Crippen molar-refractivity contribution >= 4 is 0 Å². The van der Waals surface area contributed by atoms with Crippen molar-refractivity contribution in [3.8, 4) is 11.5 Å². The highest BCUT2D eigenvalue weighted by molar-refractivity contribution is 5.46. The highest BCUT2D eigenvalue weighted by Crippen LogP contribution is 2.29. The molecule has 3 heteroatoms. The third-order valence-electron chi connectivity index (χ3n) is 2.52. The zero-order chi connectivity index (χ0) is 12.1. The summed E-state index contributed by atoms with van der Waals surface area (Å²) in [4.78, 5) is 0. The van der Waals surface area contributed by atoms with Gasteiger partial charge >= 0.3 is 0 Å². The van der Waals surface area contributed by atoms with E-state index in [1.54, 1.807) is 13.2 Å². The van der Waals surface area contributed by atoms with Crippen LogP contribution in [0.5, 0.6) is 11.5 Å². The van der Waals surface area contributed by atoms with Gasteiger partial charge in [-0.15, -0.1) is 0 Å². The molecule has 0 atom stereocenters. The molecular formula is C13H21NO2. The molecule has 0 amide bonds. The van der Waals surface area contributed by atoms with Crippen LogP contribution in [0.4, 0.5) is 0 Å². The lowest BCUT2D eigenvalue weighted by Crippen LogP contribution is -2.05. The highest BCUT2D eigenvalue weighted by Gasteiger charge is 2.10. The van der Waals surface area contributed by atoms with Crippen LogP contribution in [0.25, 0.3) is 0 Å². The summed E-state index contributed by atoms with van der Waals surface area (Å²) >= 11 is 0. The van der Waals surface area contributed by atoms with Gasteiger partial charge in [-0.05, 0) is 48.6 Å². The SMILES string of the molecule is COc1cc(CCN)c(O)cc1CC(C)C. The number of aromatic hydroxyl groups is 1. The fourth-order valence-electron chi connectivity index (χ4n) is 1.80. The van der Waals surface area contributed by atoms with Gasteiger partial charge in [0.25, 0.3) is 0 Å². The first-order valence-corrected chi connectivity index (χ1v) is 5.67. The first kappa shape index (κ1) is 12.8. The van der Waals surface area contributed by atoms with Crippen molar-refractivity contribution in [1.29, 1.82) is 0 Å². The summed E-state index contributed by atoms with van der Waals surface area (Å²) in [5.41, 5.74) is 7.39. The normalized spacial score (nSPS) is 10.8. The smallest absolute Gasteiger partial charge is 0.122 e. The Hall–Kier alpha value is -1.22. The largest absolute Gasteiger partial charge is 0.508 e. The molecule has 0 bridgehead atoms. The molecule has 3 N–H and O–H groups in total. The number of nitrogens with two attached hydrogens (primary N) is 1. The standard InChI is InChI=1S/C13H21NO2/c1-9(2)6-11-7-12(15)10(4-5-14)8-13(11)16-3/h7-9,15H,4-6,14H2,1-3H3.